The summed E-state index contributed by atoms with van der Waals surface area (Å²) in [6.45, 7) is 2.83. The Morgan fingerprint density at radius 1 is 1.45 bits per heavy atom. The van der Waals surface area contributed by atoms with Gasteiger partial charge in [-0.15, -0.1) is 12.4 Å². The summed E-state index contributed by atoms with van der Waals surface area (Å²) in [5, 5.41) is 6.02. The Labute approximate surface area is 135 Å². The number of carbonyl (C=O) groups is 1. The van der Waals surface area contributed by atoms with E-state index in [4.69, 9.17) is 4.74 Å². The minimum atomic E-state index is -0.00991. The predicted octanol–water partition coefficient (Wildman–Crippen LogP) is 3.06. The van der Waals surface area contributed by atoms with Gasteiger partial charge in [-0.1, -0.05) is 6.07 Å². The minimum Gasteiger partial charge on any atom is -0.496 e. The third-order valence-corrected chi connectivity index (χ3v) is 3.50. The van der Waals surface area contributed by atoms with Crippen LogP contribution >= 0.6 is 28.3 Å². The van der Waals surface area contributed by atoms with E-state index in [1.54, 1.807) is 7.11 Å². The number of hydrogen-bond acceptors (Lipinski definition) is 3. The first-order chi connectivity index (χ1) is 9.08. The monoisotopic (exact) mass is 364 g/mol. The molecule has 20 heavy (non-hydrogen) atoms. The fourth-order valence-electron chi connectivity index (χ4n) is 1.77. The van der Waals surface area contributed by atoms with Gasteiger partial charge in [0.15, 0.2) is 0 Å². The average molecular weight is 366 g/mol. The summed E-state index contributed by atoms with van der Waals surface area (Å²) in [4.78, 5) is 11.7. The van der Waals surface area contributed by atoms with Gasteiger partial charge < -0.3 is 15.4 Å². The van der Waals surface area contributed by atoms with Crippen LogP contribution < -0.4 is 15.4 Å². The van der Waals surface area contributed by atoms with Crippen LogP contribution in [0.2, 0.25) is 0 Å². The second kappa shape index (κ2) is 10.0. The van der Waals surface area contributed by atoms with Crippen molar-refractivity contribution < 1.29 is 9.53 Å². The van der Waals surface area contributed by atoms with Crippen molar-refractivity contribution >= 4 is 34.2 Å². The van der Waals surface area contributed by atoms with Gasteiger partial charge in [0.25, 0.3) is 0 Å². The van der Waals surface area contributed by atoms with Gasteiger partial charge in [0.1, 0.15) is 5.75 Å². The van der Waals surface area contributed by atoms with Crippen LogP contribution in [0.25, 0.3) is 0 Å². The molecular formula is C14H22BrClN2O2. The van der Waals surface area contributed by atoms with E-state index in [1.807, 2.05) is 32.2 Å². The molecule has 114 valence electrons. The van der Waals surface area contributed by atoms with E-state index in [-0.39, 0.29) is 24.4 Å². The van der Waals surface area contributed by atoms with Gasteiger partial charge in [0.2, 0.25) is 5.91 Å². The maximum atomic E-state index is 11.7. The zero-order valence-corrected chi connectivity index (χ0v) is 14.4. The fourth-order valence-corrected chi connectivity index (χ4v) is 2.33. The molecule has 0 aliphatic heterocycles. The standard InChI is InChI=1S/C14H21BrN2O2.ClH/c1-10(17-14(18)5-4-8-16-2)11-6-7-13(19-3)12(15)9-11;/h6-7,9-10,16H,4-5,8H2,1-3H3,(H,17,18);1H. The van der Waals surface area contributed by atoms with Crippen LogP contribution in [-0.4, -0.2) is 26.6 Å². The van der Waals surface area contributed by atoms with Gasteiger partial charge in [0, 0.05) is 6.42 Å². The molecule has 1 rings (SSSR count). The van der Waals surface area contributed by atoms with Crippen LogP contribution in [0, 0.1) is 0 Å². The smallest absolute Gasteiger partial charge is 0.220 e. The minimum absolute atomic E-state index is 0. The van der Waals surface area contributed by atoms with Crippen molar-refractivity contribution in [1.82, 2.24) is 10.6 Å². The topological polar surface area (TPSA) is 50.4 Å². The molecule has 1 aromatic rings. The Hall–Kier alpha value is -0.780. The van der Waals surface area contributed by atoms with Crippen LogP contribution in [0.3, 0.4) is 0 Å². The lowest BCUT2D eigenvalue weighted by atomic mass is 10.1. The molecule has 0 aliphatic rings. The lowest BCUT2D eigenvalue weighted by Crippen LogP contribution is -2.27. The number of halogens is 2. The highest BCUT2D eigenvalue weighted by Crippen LogP contribution is 2.27. The van der Waals surface area contributed by atoms with E-state index < -0.39 is 0 Å². The number of rotatable bonds is 7. The predicted molar refractivity (Wildman–Crippen MR) is 87.7 cm³/mol. The van der Waals surface area contributed by atoms with Gasteiger partial charge >= 0.3 is 0 Å². The van der Waals surface area contributed by atoms with Crippen molar-refractivity contribution in [2.24, 2.45) is 0 Å². The van der Waals surface area contributed by atoms with Crippen molar-refractivity contribution in [3.8, 4) is 5.75 Å². The maximum Gasteiger partial charge on any atom is 0.220 e. The Morgan fingerprint density at radius 3 is 2.70 bits per heavy atom. The van der Waals surface area contributed by atoms with E-state index in [2.05, 4.69) is 26.6 Å². The molecule has 6 heteroatoms. The molecule has 0 saturated carbocycles. The molecule has 0 bridgehead atoms. The SMILES string of the molecule is CNCCCC(=O)NC(C)c1ccc(OC)c(Br)c1.Cl. The normalized spacial score (nSPS) is 11.4. The van der Waals surface area contributed by atoms with E-state index in [0.29, 0.717) is 6.42 Å². The lowest BCUT2D eigenvalue weighted by molar-refractivity contribution is -0.121. The van der Waals surface area contributed by atoms with Crippen LogP contribution in [0.15, 0.2) is 22.7 Å². The van der Waals surface area contributed by atoms with Crippen molar-refractivity contribution in [1.29, 1.82) is 0 Å². The highest BCUT2D eigenvalue weighted by atomic mass is 79.9. The zero-order chi connectivity index (χ0) is 14.3. The number of amides is 1. The van der Waals surface area contributed by atoms with Gasteiger partial charge in [-0.3, -0.25) is 4.79 Å². The van der Waals surface area contributed by atoms with Crippen molar-refractivity contribution in [2.75, 3.05) is 20.7 Å². The Morgan fingerprint density at radius 2 is 2.15 bits per heavy atom. The molecule has 1 aromatic carbocycles. The average Bonchev–Trinajstić information content (AvgIpc) is 2.38. The second-order valence-corrected chi connectivity index (χ2v) is 5.24. The molecular weight excluding hydrogens is 344 g/mol. The van der Waals surface area contributed by atoms with Crippen LogP contribution in [0.4, 0.5) is 0 Å². The molecule has 0 spiro atoms. The van der Waals surface area contributed by atoms with E-state index in [1.165, 1.54) is 0 Å². The first kappa shape index (κ1) is 19.2. The highest BCUT2D eigenvalue weighted by Gasteiger charge is 2.11. The molecule has 0 fully saturated rings. The summed E-state index contributed by atoms with van der Waals surface area (Å²) in [6.07, 6.45) is 1.39. The van der Waals surface area contributed by atoms with Crippen LogP contribution in [-0.2, 0) is 4.79 Å². The molecule has 4 nitrogen and oxygen atoms in total. The van der Waals surface area contributed by atoms with E-state index in [0.717, 1.165) is 28.8 Å². The molecule has 0 aliphatic carbocycles. The summed E-state index contributed by atoms with van der Waals surface area (Å²) in [7, 11) is 3.52. The second-order valence-electron chi connectivity index (χ2n) is 4.39. The van der Waals surface area contributed by atoms with Gasteiger partial charge in [-0.05, 0) is 60.6 Å². The summed E-state index contributed by atoms with van der Waals surface area (Å²) >= 11 is 3.45. The lowest BCUT2D eigenvalue weighted by Gasteiger charge is -2.15. The summed E-state index contributed by atoms with van der Waals surface area (Å²) in [6, 6.07) is 5.81. The molecule has 0 radical (unpaired) electrons. The zero-order valence-electron chi connectivity index (χ0n) is 12.0. The van der Waals surface area contributed by atoms with Crippen molar-refractivity contribution in [3.05, 3.63) is 28.2 Å². The van der Waals surface area contributed by atoms with Gasteiger partial charge in [0.05, 0.1) is 17.6 Å². The van der Waals surface area contributed by atoms with E-state index in [9.17, 15) is 4.79 Å². The molecule has 1 atom stereocenters. The quantitative estimate of drug-likeness (QED) is 0.730. The Balaban J connectivity index is 0.00000361. The first-order valence-corrected chi connectivity index (χ1v) is 7.15. The number of benzene rings is 1. The van der Waals surface area contributed by atoms with E-state index >= 15 is 0 Å². The maximum absolute atomic E-state index is 11.7. The van der Waals surface area contributed by atoms with Crippen molar-refractivity contribution in [3.63, 3.8) is 0 Å². The third kappa shape index (κ3) is 6.11. The number of ether oxygens (including phenoxy) is 1. The first-order valence-electron chi connectivity index (χ1n) is 6.36. The summed E-state index contributed by atoms with van der Waals surface area (Å²) in [5.74, 6) is 0.867. The number of nitrogens with one attached hydrogen (secondary N) is 2. The molecule has 0 heterocycles. The Kier molecular flexibility index (Phi) is 9.63. The summed E-state index contributed by atoms with van der Waals surface area (Å²) < 4.78 is 6.08. The van der Waals surface area contributed by atoms with Crippen molar-refractivity contribution in [2.45, 2.75) is 25.8 Å². The third-order valence-electron chi connectivity index (χ3n) is 2.88. The fraction of sp³-hybridized carbons (Fsp3) is 0.500. The number of methoxy groups -OCH3 is 1. The highest BCUT2D eigenvalue weighted by molar-refractivity contribution is 9.10. The number of hydrogen-bond donors (Lipinski definition) is 2. The molecule has 0 saturated heterocycles. The number of carbonyl (C=O) groups excluding carboxylic acids is 1. The Bertz CT molecular complexity index is 430. The molecule has 1 amide bonds. The molecule has 1 unspecified atom stereocenters. The van der Waals surface area contributed by atoms with Gasteiger partial charge in [-0.25, -0.2) is 0 Å². The molecule has 2 N–H and O–H groups in total. The van der Waals surface area contributed by atoms with Gasteiger partial charge in [-0.2, -0.15) is 0 Å². The summed E-state index contributed by atoms with van der Waals surface area (Å²) in [5.41, 5.74) is 1.05. The van der Waals surface area contributed by atoms with Crippen LogP contribution in [0.1, 0.15) is 31.4 Å². The molecule has 0 aromatic heterocycles. The van der Waals surface area contributed by atoms with Crippen LogP contribution in [0.5, 0.6) is 5.75 Å². The largest absolute Gasteiger partial charge is 0.496 e.